The minimum Gasteiger partial charge on any atom is -0.349 e. The lowest BCUT2D eigenvalue weighted by atomic mass is 10.1. The van der Waals surface area contributed by atoms with Gasteiger partial charge in [0, 0.05) is 21.8 Å². The molecule has 0 heterocycles. The van der Waals surface area contributed by atoms with Gasteiger partial charge in [0.15, 0.2) is 9.84 Å². The maximum absolute atomic E-state index is 12.3. The van der Waals surface area contributed by atoms with Crippen LogP contribution in [0.15, 0.2) is 53.0 Å². The van der Waals surface area contributed by atoms with E-state index in [1.807, 2.05) is 0 Å². The van der Waals surface area contributed by atoms with Crippen molar-refractivity contribution in [2.24, 2.45) is 0 Å². The largest absolute Gasteiger partial charge is 0.349 e. The van der Waals surface area contributed by atoms with E-state index in [2.05, 4.69) is 26.6 Å². The zero-order valence-electron chi connectivity index (χ0n) is 15.9. The molecule has 6 nitrogen and oxygen atoms in total. The fraction of sp³-hybridized carbons (Fsp3) is 0.333. The summed E-state index contributed by atoms with van der Waals surface area (Å²) in [6.45, 7) is 0. The van der Waals surface area contributed by atoms with Gasteiger partial charge in [-0.25, -0.2) is 8.42 Å². The van der Waals surface area contributed by atoms with Crippen LogP contribution in [-0.2, 0) is 20.4 Å². The van der Waals surface area contributed by atoms with E-state index < -0.39 is 21.5 Å². The topological polar surface area (TPSA) is 92.3 Å². The zero-order valence-corrected chi connectivity index (χ0v) is 18.3. The number of hydrogen-bond acceptors (Lipinski definition) is 4. The lowest BCUT2D eigenvalue weighted by Crippen LogP contribution is -2.32. The van der Waals surface area contributed by atoms with E-state index >= 15 is 0 Å². The van der Waals surface area contributed by atoms with Gasteiger partial charge in [-0.2, -0.15) is 0 Å². The summed E-state index contributed by atoms with van der Waals surface area (Å²) < 4.78 is 25.4. The lowest BCUT2D eigenvalue weighted by Gasteiger charge is -2.12. The van der Waals surface area contributed by atoms with Crippen molar-refractivity contribution in [2.75, 3.05) is 11.1 Å². The van der Waals surface area contributed by atoms with E-state index in [0.717, 1.165) is 30.2 Å². The van der Waals surface area contributed by atoms with E-state index in [0.29, 0.717) is 16.8 Å². The van der Waals surface area contributed by atoms with Gasteiger partial charge in [-0.3, -0.25) is 9.59 Å². The molecular weight excluding hydrogens is 456 g/mol. The van der Waals surface area contributed by atoms with Crippen molar-refractivity contribution >= 4 is 43.3 Å². The minimum atomic E-state index is -3.59. The van der Waals surface area contributed by atoms with Crippen LogP contribution in [0.25, 0.3) is 0 Å². The number of benzene rings is 2. The molecule has 2 aromatic carbocycles. The molecule has 0 spiro atoms. The molecular formula is C21H23BrN2O4S. The monoisotopic (exact) mass is 478 g/mol. The van der Waals surface area contributed by atoms with Crippen molar-refractivity contribution in [3.63, 3.8) is 0 Å². The van der Waals surface area contributed by atoms with Crippen LogP contribution >= 0.6 is 15.9 Å². The third kappa shape index (κ3) is 6.68. The van der Waals surface area contributed by atoms with Crippen molar-refractivity contribution in [3.8, 4) is 0 Å². The Morgan fingerprint density at radius 3 is 2.21 bits per heavy atom. The van der Waals surface area contributed by atoms with Gasteiger partial charge in [-0.1, -0.05) is 40.9 Å². The molecule has 0 radical (unpaired) electrons. The number of hydrogen-bond donors (Lipinski definition) is 2. The van der Waals surface area contributed by atoms with E-state index in [9.17, 15) is 18.0 Å². The fourth-order valence-corrected chi connectivity index (χ4v) is 4.86. The van der Waals surface area contributed by atoms with Gasteiger partial charge >= 0.3 is 0 Å². The molecule has 0 aliphatic heterocycles. The summed E-state index contributed by atoms with van der Waals surface area (Å²) >= 11 is 3.30. The van der Waals surface area contributed by atoms with Crippen molar-refractivity contribution in [2.45, 2.75) is 37.5 Å². The summed E-state index contributed by atoms with van der Waals surface area (Å²) in [7, 11) is -3.59. The molecule has 154 valence electrons. The second kappa shape index (κ2) is 9.54. The highest BCUT2D eigenvalue weighted by atomic mass is 79.9. The van der Waals surface area contributed by atoms with Crippen LogP contribution in [0.2, 0.25) is 0 Å². The molecule has 8 heteroatoms. The highest BCUT2D eigenvalue weighted by molar-refractivity contribution is 9.10. The molecule has 3 rings (SSSR count). The predicted octanol–water partition coefficient (Wildman–Crippen LogP) is 3.68. The first-order chi connectivity index (χ1) is 13.8. The molecule has 1 aliphatic rings. The van der Waals surface area contributed by atoms with Gasteiger partial charge < -0.3 is 10.6 Å². The SMILES string of the molecule is O=C(CS(=O)(=O)Cc1ccc(Br)cc1)Nc1ccc(C(=O)NC2CCCC2)cc1. The fourth-order valence-electron chi connectivity index (χ4n) is 3.33. The molecule has 2 amide bonds. The van der Waals surface area contributed by atoms with Gasteiger partial charge in [0.05, 0.1) is 5.75 Å². The molecule has 2 aromatic rings. The number of halogens is 1. The van der Waals surface area contributed by atoms with Crippen LogP contribution in [-0.4, -0.2) is 32.0 Å². The van der Waals surface area contributed by atoms with Crippen molar-refractivity contribution < 1.29 is 18.0 Å². The molecule has 1 saturated carbocycles. The number of sulfone groups is 1. The summed E-state index contributed by atoms with van der Waals surface area (Å²) in [5.41, 5.74) is 1.59. The molecule has 2 N–H and O–H groups in total. The Morgan fingerprint density at radius 2 is 1.59 bits per heavy atom. The minimum absolute atomic E-state index is 0.133. The standard InChI is InChI=1S/C21H23BrN2O4S/c22-17-9-5-15(6-10-17)13-29(27,28)14-20(25)23-19-11-7-16(8-12-19)21(26)24-18-3-1-2-4-18/h5-12,18H,1-4,13-14H2,(H,23,25)(H,24,26). The smallest absolute Gasteiger partial charge is 0.251 e. The highest BCUT2D eigenvalue weighted by Gasteiger charge is 2.19. The van der Waals surface area contributed by atoms with E-state index in [4.69, 9.17) is 0 Å². The molecule has 29 heavy (non-hydrogen) atoms. The van der Waals surface area contributed by atoms with Crippen LogP contribution in [0, 0.1) is 0 Å². The van der Waals surface area contributed by atoms with Gasteiger partial charge in [0.25, 0.3) is 5.91 Å². The van der Waals surface area contributed by atoms with E-state index in [-0.39, 0.29) is 17.7 Å². The number of amides is 2. The number of carbonyl (C=O) groups is 2. The van der Waals surface area contributed by atoms with E-state index in [1.54, 1.807) is 48.5 Å². The van der Waals surface area contributed by atoms with Gasteiger partial charge in [0.1, 0.15) is 5.75 Å². The van der Waals surface area contributed by atoms with E-state index in [1.165, 1.54) is 0 Å². The maximum Gasteiger partial charge on any atom is 0.251 e. The first kappa shape index (κ1) is 21.5. The average Bonchev–Trinajstić information content (AvgIpc) is 3.16. The summed E-state index contributed by atoms with van der Waals surface area (Å²) in [6, 6.07) is 13.6. The number of rotatable bonds is 7. The molecule has 0 atom stereocenters. The summed E-state index contributed by atoms with van der Waals surface area (Å²) in [5.74, 6) is -1.54. The van der Waals surface area contributed by atoms with Crippen LogP contribution < -0.4 is 10.6 Å². The third-order valence-electron chi connectivity index (χ3n) is 4.77. The van der Waals surface area contributed by atoms with Gasteiger partial charge in [0.2, 0.25) is 5.91 Å². The lowest BCUT2D eigenvalue weighted by molar-refractivity contribution is -0.113. The van der Waals surface area contributed by atoms with Crippen LogP contribution in [0.5, 0.6) is 0 Å². The van der Waals surface area contributed by atoms with Gasteiger partial charge in [-0.15, -0.1) is 0 Å². The molecule has 0 unspecified atom stereocenters. The summed E-state index contributed by atoms with van der Waals surface area (Å²) in [4.78, 5) is 24.4. The zero-order chi connectivity index (χ0) is 20.9. The Morgan fingerprint density at radius 1 is 0.966 bits per heavy atom. The number of anilines is 1. The van der Waals surface area contributed by atoms with Gasteiger partial charge in [-0.05, 0) is 54.8 Å². The highest BCUT2D eigenvalue weighted by Crippen LogP contribution is 2.19. The summed E-state index contributed by atoms with van der Waals surface area (Å²) in [6.07, 6.45) is 4.30. The van der Waals surface area contributed by atoms with Crippen LogP contribution in [0.4, 0.5) is 5.69 Å². The molecule has 0 saturated heterocycles. The van der Waals surface area contributed by atoms with Crippen LogP contribution in [0.3, 0.4) is 0 Å². The van der Waals surface area contributed by atoms with Crippen molar-refractivity contribution in [3.05, 3.63) is 64.1 Å². The second-order valence-corrected chi connectivity index (χ2v) is 10.2. The maximum atomic E-state index is 12.3. The van der Waals surface area contributed by atoms with Crippen molar-refractivity contribution in [1.82, 2.24) is 5.32 Å². The normalized spacial score (nSPS) is 14.5. The molecule has 1 aliphatic carbocycles. The Hall–Kier alpha value is -2.19. The third-order valence-corrected chi connectivity index (χ3v) is 6.78. The quantitative estimate of drug-likeness (QED) is 0.634. The first-order valence-electron chi connectivity index (χ1n) is 9.46. The molecule has 0 aromatic heterocycles. The Balaban J connectivity index is 1.53. The molecule has 0 bridgehead atoms. The Kier molecular flexibility index (Phi) is 7.08. The Labute approximate surface area is 179 Å². The van der Waals surface area contributed by atoms with Crippen molar-refractivity contribution in [1.29, 1.82) is 0 Å². The summed E-state index contributed by atoms with van der Waals surface area (Å²) in [5, 5.41) is 5.58. The van der Waals surface area contributed by atoms with Crippen LogP contribution in [0.1, 0.15) is 41.6 Å². The predicted molar refractivity (Wildman–Crippen MR) is 116 cm³/mol. The second-order valence-electron chi connectivity index (χ2n) is 7.24. The Bertz CT molecular complexity index is 967. The molecule has 1 fully saturated rings. The first-order valence-corrected chi connectivity index (χ1v) is 12.1. The number of carbonyl (C=O) groups excluding carboxylic acids is 2. The number of nitrogens with one attached hydrogen (secondary N) is 2. The average molecular weight is 479 g/mol.